The number of hydrogen-bond acceptors (Lipinski definition) is 4. The molecule has 0 bridgehead atoms. The van der Waals surface area contributed by atoms with Crippen LogP contribution in [0.25, 0.3) is 0 Å². The zero-order valence-electron chi connectivity index (χ0n) is 11.3. The Morgan fingerprint density at radius 3 is 2.62 bits per heavy atom. The smallest absolute Gasteiger partial charge is 0.321 e. The first-order valence-corrected chi connectivity index (χ1v) is 6.50. The summed E-state index contributed by atoms with van der Waals surface area (Å²) in [6, 6.07) is 12.1. The summed E-state index contributed by atoms with van der Waals surface area (Å²) in [6.45, 7) is 0.391. The summed E-state index contributed by atoms with van der Waals surface area (Å²) < 4.78 is 0. The monoisotopic (exact) mass is 288 g/mol. The largest absolute Gasteiger partial charge is 0.358 e. The molecule has 1 amide bonds. The van der Waals surface area contributed by atoms with Crippen molar-refractivity contribution in [2.75, 3.05) is 6.54 Å². The fraction of sp³-hybridized carbons (Fsp3) is 0.214. The summed E-state index contributed by atoms with van der Waals surface area (Å²) in [6.07, 6.45) is 0.582. The molecule has 0 fully saturated rings. The Morgan fingerprint density at radius 2 is 2.00 bits per heavy atom. The number of nitrogens with two attached hydrogens (primary N) is 1. The van der Waals surface area contributed by atoms with E-state index in [-0.39, 0.29) is 23.5 Å². The highest BCUT2D eigenvalue weighted by molar-refractivity contribution is 5.92. The number of carbonyl (C=O) groups excluding carboxylic acids is 1. The molecule has 0 spiro atoms. The molecule has 0 aliphatic rings. The topological polar surface area (TPSA) is 114 Å². The van der Waals surface area contributed by atoms with Crippen molar-refractivity contribution in [2.24, 2.45) is 5.73 Å². The van der Waals surface area contributed by atoms with E-state index in [1.54, 1.807) is 0 Å². The van der Waals surface area contributed by atoms with E-state index in [4.69, 9.17) is 5.73 Å². The molecular weight excluding hydrogens is 272 g/mol. The molecule has 7 heteroatoms. The van der Waals surface area contributed by atoms with Gasteiger partial charge in [0.15, 0.2) is 5.69 Å². The van der Waals surface area contributed by atoms with Crippen molar-refractivity contribution in [3.05, 3.63) is 63.8 Å². The quantitative estimate of drug-likeness (QED) is 0.554. The van der Waals surface area contributed by atoms with Crippen LogP contribution in [0.5, 0.6) is 0 Å². The third kappa shape index (κ3) is 3.90. The van der Waals surface area contributed by atoms with E-state index in [9.17, 15) is 14.9 Å². The van der Waals surface area contributed by atoms with Crippen molar-refractivity contribution in [3.8, 4) is 0 Å². The van der Waals surface area contributed by atoms with E-state index in [1.807, 2.05) is 30.3 Å². The Balaban J connectivity index is 1.82. The summed E-state index contributed by atoms with van der Waals surface area (Å²) in [5, 5.41) is 13.2. The van der Waals surface area contributed by atoms with Gasteiger partial charge in [-0.2, -0.15) is 0 Å². The molecular formula is C14H16N4O3. The minimum Gasteiger partial charge on any atom is -0.358 e. The van der Waals surface area contributed by atoms with Crippen LogP contribution in [0, 0.1) is 10.1 Å². The predicted octanol–water partition coefficient (Wildman–Crippen LogP) is 1.74. The number of benzene rings is 1. The number of carbonyl (C=O) groups is 1. The van der Waals surface area contributed by atoms with Crippen LogP contribution < -0.4 is 11.1 Å². The number of nitrogens with zero attached hydrogens (tertiary/aromatic N) is 1. The van der Waals surface area contributed by atoms with Crippen LogP contribution >= 0.6 is 0 Å². The van der Waals surface area contributed by atoms with Gasteiger partial charge in [-0.1, -0.05) is 30.3 Å². The highest BCUT2D eigenvalue weighted by atomic mass is 16.6. The van der Waals surface area contributed by atoms with Gasteiger partial charge in [0.05, 0.1) is 0 Å². The number of aromatic amines is 1. The van der Waals surface area contributed by atoms with Crippen molar-refractivity contribution in [2.45, 2.75) is 12.5 Å². The molecule has 21 heavy (non-hydrogen) atoms. The minimum atomic E-state index is -0.581. The van der Waals surface area contributed by atoms with Crippen molar-refractivity contribution in [1.29, 1.82) is 0 Å². The molecule has 4 N–H and O–H groups in total. The minimum absolute atomic E-state index is 0.162. The zero-order chi connectivity index (χ0) is 15.2. The lowest BCUT2D eigenvalue weighted by Gasteiger charge is -2.11. The Labute approximate surface area is 121 Å². The van der Waals surface area contributed by atoms with Gasteiger partial charge in [0.1, 0.15) is 0 Å². The lowest BCUT2D eigenvalue weighted by Crippen LogP contribution is -2.27. The first-order chi connectivity index (χ1) is 10.1. The number of amides is 1. The first kappa shape index (κ1) is 14.7. The van der Waals surface area contributed by atoms with Crippen molar-refractivity contribution in [3.63, 3.8) is 0 Å². The molecule has 0 saturated heterocycles. The average molecular weight is 288 g/mol. The fourth-order valence-corrected chi connectivity index (χ4v) is 1.93. The Morgan fingerprint density at radius 1 is 1.29 bits per heavy atom. The molecule has 2 rings (SSSR count). The highest BCUT2D eigenvalue weighted by Gasteiger charge is 2.15. The molecule has 7 nitrogen and oxygen atoms in total. The maximum atomic E-state index is 11.8. The van der Waals surface area contributed by atoms with Gasteiger partial charge < -0.3 is 21.2 Å². The van der Waals surface area contributed by atoms with Gasteiger partial charge >= 0.3 is 5.82 Å². The Hall–Kier alpha value is -2.67. The lowest BCUT2D eigenvalue weighted by atomic mass is 10.1. The lowest BCUT2D eigenvalue weighted by molar-refractivity contribution is -0.389. The van der Waals surface area contributed by atoms with E-state index < -0.39 is 4.92 Å². The molecule has 0 saturated carbocycles. The van der Waals surface area contributed by atoms with Gasteiger partial charge in [-0.25, -0.2) is 4.98 Å². The van der Waals surface area contributed by atoms with Gasteiger partial charge in [0, 0.05) is 18.7 Å². The highest BCUT2D eigenvalue weighted by Crippen LogP contribution is 2.13. The zero-order valence-corrected chi connectivity index (χ0v) is 11.3. The SMILES string of the molecule is NC(CCNC(=O)c1ccc([N+](=O)[O-])[nH]1)c1ccccc1. The van der Waals surface area contributed by atoms with Crippen LogP contribution in [0.2, 0.25) is 0 Å². The molecule has 110 valence electrons. The van der Waals surface area contributed by atoms with E-state index in [0.717, 1.165) is 5.56 Å². The predicted molar refractivity (Wildman–Crippen MR) is 77.8 cm³/mol. The summed E-state index contributed by atoms with van der Waals surface area (Å²) in [7, 11) is 0. The second kappa shape index (κ2) is 6.67. The van der Waals surface area contributed by atoms with E-state index in [2.05, 4.69) is 10.3 Å². The summed E-state index contributed by atoms with van der Waals surface area (Å²) in [4.78, 5) is 24.2. The maximum Gasteiger partial charge on any atom is 0.321 e. The number of nitrogens with one attached hydrogen (secondary N) is 2. The Kier molecular flexibility index (Phi) is 4.68. The van der Waals surface area contributed by atoms with Crippen LogP contribution in [-0.4, -0.2) is 22.4 Å². The van der Waals surface area contributed by atoms with Gasteiger partial charge in [0.25, 0.3) is 5.91 Å². The number of hydrogen-bond donors (Lipinski definition) is 3. The first-order valence-electron chi connectivity index (χ1n) is 6.50. The second-order valence-electron chi connectivity index (χ2n) is 4.58. The van der Waals surface area contributed by atoms with E-state index in [0.29, 0.717) is 13.0 Å². The summed E-state index contributed by atoms with van der Waals surface area (Å²) in [5.74, 6) is -0.593. The Bertz CT molecular complexity index is 624. The van der Waals surface area contributed by atoms with Crippen molar-refractivity contribution in [1.82, 2.24) is 10.3 Å². The van der Waals surface area contributed by atoms with E-state index in [1.165, 1.54) is 12.1 Å². The van der Waals surface area contributed by atoms with Gasteiger partial charge in [-0.05, 0) is 23.0 Å². The third-order valence-corrected chi connectivity index (χ3v) is 3.08. The van der Waals surface area contributed by atoms with Crippen molar-refractivity contribution < 1.29 is 9.72 Å². The summed E-state index contributed by atoms with van der Waals surface area (Å²) >= 11 is 0. The molecule has 1 aromatic carbocycles. The van der Waals surface area contributed by atoms with Gasteiger partial charge in [-0.15, -0.1) is 0 Å². The number of aromatic nitrogens is 1. The normalized spacial score (nSPS) is 11.9. The molecule has 1 atom stereocenters. The average Bonchev–Trinajstić information content (AvgIpc) is 2.98. The second-order valence-corrected chi connectivity index (χ2v) is 4.58. The van der Waals surface area contributed by atoms with Gasteiger partial charge in [-0.3, -0.25) is 4.79 Å². The third-order valence-electron chi connectivity index (χ3n) is 3.08. The summed E-state index contributed by atoms with van der Waals surface area (Å²) in [5.41, 5.74) is 7.18. The van der Waals surface area contributed by atoms with Crippen LogP contribution in [0.1, 0.15) is 28.5 Å². The molecule has 1 unspecified atom stereocenters. The maximum absolute atomic E-state index is 11.8. The van der Waals surface area contributed by atoms with E-state index >= 15 is 0 Å². The van der Waals surface area contributed by atoms with Crippen LogP contribution in [0.15, 0.2) is 42.5 Å². The van der Waals surface area contributed by atoms with Crippen LogP contribution in [-0.2, 0) is 0 Å². The molecule has 0 aliphatic heterocycles. The molecule has 1 aromatic heterocycles. The van der Waals surface area contributed by atoms with Crippen LogP contribution in [0.3, 0.4) is 0 Å². The van der Waals surface area contributed by atoms with Crippen molar-refractivity contribution >= 4 is 11.7 Å². The standard InChI is InChI=1S/C14H16N4O3/c15-11(10-4-2-1-3-5-10)8-9-16-14(19)12-6-7-13(17-12)18(20)21/h1-7,11,17H,8-9,15H2,(H,16,19). The van der Waals surface area contributed by atoms with Crippen LogP contribution in [0.4, 0.5) is 5.82 Å². The molecule has 0 aliphatic carbocycles. The number of rotatable bonds is 6. The van der Waals surface area contributed by atoms with Gasteiger partial charge in [0.2, 0.25) is 0 Å². The molecule has 2 aromatic rings. The number of nitro groups is 1. The molecule has 0 radical (unpaired) electrons. The molecule has 1 heterocycles. The fourth-order valence-electron chi connectivity index (χ4n) is 1.93. The number of H-pyrrole nitrogens is 1.